The van der Waals surface area contributed by atoms with Gasteiger partial charge in [-0.25, -0.2) is 13.4 Å². The Balaban J connectivity index is 0.00000341. The number of nitrogens with zero attached hydrogens (tertiary/aromatic N) is 3. The van der Waals surface area contributed by atoms with E-state index in [1.54, 1.807) is 25.6 Å². The fourth-order valence-corrected chi connectivity index (χ4v) is 4.22. The van der Waals surface area contributed by atoms with Gasteiger partial charge in [0.25, 0.3) is 0 Å². The highest BCUT2D eigenvalue weighted by Crippen LogP contribution is 2.16. The summed E-state index contributed by atoms with van der Waals surface area (Å²) in [6, 6.07) is 13.7. The quantitative estimate of drug-likeness (QED) is 0.267. The molecule has 31 heavy (non-hydrogen) atoms. The van der Waals surface area contributed by atoms with Crippen molar-refractivity contribution in [3.05, 3.63) is 83.4 Å². The molecule has 0 amide bonds. The maximum absolute atomic E-state index is 11.8. The molecule has 0 aliphatic rings. The minimum absolute atomic E-state index is 0. The standard InChI is InChI=1S/C22H27N5O2S.HI/c1-17-11-19(7-8-21(17)30(3,28)29)14-26-22(23-2)25-13-18-5-4-6-20(12-18)15-27-10-9-24-16-27;/h4-12,16H,13-15H2,1-3H3,(H2,23,25,26);1H. The average Bonchev–Trinajstić information content (AvgIpc) is 3.20. The number of hydrogen-bond acceptors (Lipinski definition) is 4. The molecule has 1 aromatic heterocycles. The largest absolute Gasteiger partial charge is 0.352 e. The van der Waals surface area contributed by atoms with Crippen LogP contribution in [0.4, 0.5) is 0 Å². The van der Waals surface area contributed by atoms with Crippen LogP contribution >= 0.6 is 24.0 Å². The Bertz CT molecular complexity index is 1130. The van der Waals surface area contributed by atoms with Gasteiger partial charge in [0.2, 0.25) is 0 Å². The Labute approximate surface area is 201 Å². The zero-order valence-electron chi connectivity index (χ0n) is 17.9. The van der Waals surface area contributed by atoms with Gasteiger partial charge in [0.15, 0.2) is 15.8 Å². The monoisotopic (exact) mass is 553 g/mol. The highest BCUT2D eigenvalue weighted by atomic mass is 127. The summed E-state index contributed by atoms with van der Waals surface area (Å²) in [4.78, 5) is 8.71. The number of aliphatic imine (C=N–C) groups is 1. The molecular formula is C22H28IN5O2S. The first-order valence-corrected chi connectivity index (χ1v) is 11.5. The van der Waals surface area contributed by atoms with Gasteiger partial charge in [0, 0.05) is 45.3 Å². The van der Waals surface area contributed by atoms with Crippen LogP contribution in [0.25, 0.3) is 0 Å². The Kier molecular flexibility index (Phi) is 9.05. The zero-order chi connectivity index (χ0) is 21.6. The molecule has 2 N–H and O–H groups in total. The van der Waals surface area contributed by atoms with Crippen molar-refractivity contribution in [1.82, 2.24) is 20.2 Å². The molecule has 0 radical (unpaired) electrons. The van der Waals surface area contributed by atoms with E-state index in [9.17, 15) is 8.42 Å². The smallest absolute Gasteiger partial charge is 0.191 e. The molecule has 0 spiro atoms. The molecule has 1 heterocycles. The summed E-state index contributed by atoms with van der Waals surface area (Å²) in [5.41, 5.74) is 4.10. The predicted molar refractivity (Wildman–Crippen MR) is 135 cm³/mol. The number of benzene rings is 2. The van der Waals surface area contributed by atoms with E-state index in [0.717, 1.165) is 23.2 Å². The number of sulfone groups is 1. The normalized spacial score (nSPS) is 11.6. The summed E-state index contributed by atoms with van der Waals surface area (Å²) >= 11 is 0. The summed E-state index contributed by atoms with van der Waals surface area (Å²) in [5, 5.41) is 6.59. The molecule has 0 bridgehead atoms. The van der Waals surface area contributed by atoms with Gasteiger partial charge in [-0.15, -0.1) is 24.0 Å². The van der Waals surface area contributed by atoms with Gasteiger partial charge in [-0.3, -0.25) is 4.99 Å². The van der Waals surface area contributed by atoms with Crippen molar-refractivity contribution in [2.24, 2.45) is 4.99 Å². The first-order chi connectivity index (χ1) is 14.3. The van der Waals surface area contributed by atoms with Crippen LogP contribution in [-0.2, 0) is 29.5 Å². The first-order valence-electron chi connectivity index (χ1n) is 9.63. The molecule has 2 aromatic carbocycles. The van der Waals surface area contributed by atoms with Crippen molar-refractivity contribution >= 4 is 39.8 Å². The molecule has 0 fully saturated rings. The second-order valence-corrected chi connectivity index (χ2v) is 9.19. The topological polar surface area (TPSA) is 88.4 Å². The number of nitrogens with one attached hydrogen (secondary N) is 2. The number of halogens is 1. The average molecular weight is 553 g/mol. The number of imidazole rings is 1. The van der Waals surface area contributed by atoms with E-state index < -0.39 is 9.84 Å². The van der Waals surface area contributed by atoms with Gasteiger partial charge in [-0.1, -0.05) is 36.4 Å². The number of aromatic nitrogens is 2. The highest BCUT2D eigenvalue weighted by molar-refractivity contribution is 14.0. The lowest BCUT2D eigenvalue weighted by molar-refractivity contribution is 0.601. The SMILES string of the molecule is CN=C(NCc1cccc(Cn2ccnc2)c1)NCc1ccc(S(C)(=O)=O)c(C)c1.I. The van der Waals surface area contributed by atoms with E-state index in [4.69, 9.17) is 0 Å². The fraction of sp³-hybridized carbons (Fsp3) is 0.273. The van der Waals surface area contributed by atoms with Gasteiger partial charge in [-0.2, -0.15) is 0 Å². The van der Waals surface area contributed by atoms with E-state index >= 15 is 0 Å². The van der Waals surface area contributed by atoms with Gasteiger partial charge < -0.3 is 15.2 Å². The Morgan fingerprint density at radius 1 is 1.06 bits per heavy atom. The van der Waals surface area contributed by atoms with Crippen LogP contribution in [0.3, 0.4) is 0 Å². The van der Waals surface area contributed by atoms with Gasteiger partial charge >= 0.3 is 0 Å². The maximum Gasteiger partial charge on any atom is 0.191 e. The number of aryl methyl sites for hydroxylation is 1. The van der Waals surface area contributed by atoms with Crippen LogP contribution in [-0.4, -0.2) is 37.2 Å². The number of hydrogen-bond donors (Lipinski definition) is 2. The van der Waals surface area contributed by atoms with Crippen molar-refractivity contribution in [3.8, 4) is 0 Å². The van der Waals surface area contributed by atoms with Crippen LogP contribution in [0.2, 0.25) is 0 Å². The summed E-state index contributed by atoms with van der Waals surface area (Å²) in [6.07, 6.45) is 6.75. The highest BCUT2D eigenvalue weighted by Gasteiger charge is 2.11. The Morgan fingerprint density at radius 2 is 1.74 bits per heavy atom. The van der Waals surface area contributed by atoms with Crippen molar-refractivity contribution in [3.63, 3.8) is 0 Å². The molecule has 0 aliphatic carbocycles. The molecule has 0 unspecified atom stereocenters. The van der Waals surface area contributed by atoms with E-state index in [1.165, 1.54) is 11.8 Å². The van der Waals surface area contributed by atoms with E-state index in [2.05, 4.69) is 38.8 Å². The number of guanidine groups is 1. The minimum Gasteiger partial charge on any atom is -0.352 e. The Hall–Kier alpha value is -2.40. The third kappa shape index (κ3) is 7.35. The van der Waals surface area contributed by atoms with Crippen LogP contribution in [0.15, 0.2) is 71.1 Å². The van der Waals surface area contributed by atoms with Gasteiger partial charge in [-0.05, 0) is 35.2 Å². The predicted octanol–water partition coefficient (Wildman–Crippen LogP) is 3.13. The Morgan fingerprint density at radius 3 is 2.32 bits per heavy atom. The molecule has 0 saturated heterocycles. The molecule has 3 aromatic rings. The van der Waals surface area contributed by atoms with Gasteiger partial charge in [0.1, 0.15) is 0 Å². The lowest BCUT2D eigenvalue weighted by Crippen LogP contribution is -2.36. The maximum atomic E-state index is 11.8. The van der Waals surface area contributed by atoms with E-state index in [0.29, 0.717) is 23.9 Å². The van der Waals surface area contributed by atoms with Crippen LogP contribution in [0.1, 0.15) is 22.3 Å². The van der Waals surface area contributed by atoms with Crippen LogP contribution in [0.5, 0.6) is 0 Å². The first kappa shape index (κ1) is 24.9. The van der Waals surface area contributed by atoms with Crippen molar-refractivity contribution in [1.29, 1.82) is 0 Å². The molecule has 166 valence electrons. The minimum atomic E-state index is -3.21. The molecule has 0 atom stereocenters. The summed E-state index contributed by atoms with van der Waals surface area (Å²) < 4.78 is 25.6. The lowest BCUT2D eigenvalue weighted by atomic mass is 10.1. The van der Waals surface area contributed by atoms with E-state index in [1.807, 2.05) is 35.9 Å². The summed E-state index contributed by atoms with van der Waals surface area (Å²) in [5.74, 6) is 0.680. The van der Waals surface area contributed by atoms with Crippen LogP contribution in [0, 0.1) is 6.92 Å². The molecule has 3 rings (SSSR count). The summed E-state index contributed by atoms with van der Waals surface area (Å²) in [6.45, 7) is 3.78. The van der Waals surface area contributed by atoms with Crippen molar-refractivity contribution < 1.29 is 8.42 Å². The zero-order valence-corrected chi connectivity index (χ0v) is 21.0. The molecule has 9 heteroatoms. The third-order valence-corrected chi connectivity index (χ3v) is 5.96. The second kappa shape index (κ2) is 11.3. The molecule has 7 nitrogen and oxygen atoms in total. The fourth-order valence-electron chi connectivity index (χ4n) is 3.26. The van der Waals surface area contributed by atoms with Crippen LogP contribution < -0.4 is 10.6 Å². The van der Waals surface area contributed by atoms with E-state index in [-0.39, 0.29) is 24.0 Å². The van der Waals surface area contributed by atoms with Crippen molar-refractivity contribution in [2.45, 2.75) is 31.5 Å². The number of rotatable bonds is 7. The molecule has 0 aliphatic heterocycles. The van der Waals surface area contributed by atoms with Crippen molar-refractivity contribution in [2.75, 3.05) is 13.3 Å². The third-order valence-electron chi connectivity index (χ3n) is 4.70. The molecular weight excluding hydrogens is 525 g/mol. The molecule has 0 saturated carbocycles. The van der Waals surface area contributed by atoms with Gasteiger partial charge in [0.05, 0.1) is 11.2 Å². The summed E-state index contributed by atoms with van der Waals surface area (Å²) in [7, 11) is -1.48. The second-order valence-electron chi connectivity index (χ2n) is 7.21. The lowest BCUT2D eigenvalue weighted by Gasteiger charge is -2.14.